The monoisotopic (exact) mass is 403 g/mol. The molecule has 1 aliphatic carbocycles. The molecule has 1 aromatic carbocycles. The molecule has 3 rings (SSSR count). The molecule has 0 atom stereocenters. The smallest absolute Gasteiger partial charge is 0.242 e. The molecule has 0 radical (unpaired) electrons. The van der Waals surface area contributed by atoms with Crippen LogP contribution in [0, 0.1) is 11.8 Å². The van der Waals surface area contributed by atoms with E-state index in [4.69, 9.17) is 0 Å². The maximum atomic E-state index is 12.8. The summed E-state index contributed by atoms with van der Waals surface area (Å²) < 4.78 is 28.4. The van der Waals surface area contributed by atoms with Crippen molar-refractivity contribution in [2.45, 2.75) is 56.9 Å². The topological polar surface area (TPSA) is 88.2 Å². The average molecular weight is 404 g/mol. The number of hydrogen-bond acceptors (Lipinski definition) is 4. The van der Waals surface area contributed by atoms with Gasteiger partial charge in [0.1, 0.15) is 4.90 Å². The Labute approximate surface area is 167 Å². The summed E-state index contributed by atoms with van der Waals surface area (Å²) in [5.74, 6) is 0.374. The van der Waals surface area contributed by atoms with Gasteiger partial charge in [0.2, 0.25) is 15.9 Å². The fourth-order valence-electron chi connectivity index (χ4n) is 3.70. The molecule has 1 amide bonds. The molecule has 0 unspecified atom stereocenters. The normalized spacial score (nSPS) is 20.8. The summed E-state index contributed by atoms with van der Waals surface area (Å²) in [7, 11) is -3.63. The SMILES string of the molecule is CC(C)(C)NC(=O)C1CCC(CNS(=O)(=O)c2cccc3cccnc23)CC1. The number of fused-ring (bicyclic) bond motifs is 1. The van der Waals surface area contributed by atoms with Crippen LogP contribution in [0.1, 0.15) is 46.5 Å². The lowest BCUT2D eigenvalue weighted by atomic mass is 9.81. The largest absolute Gasteiger partial charge is 0.351 e. The Balaban J connectivity index is 1.58. The molecule has 28 heavy (non-hydrogen) atoms. The lowest BCUT2D eigenvalue weighted by Gasteiger charge is -2.30. The van der Waals surface area contributed by atoms with E-state index in [0.29, 0.717) is 12.1 Å². The quantitative estimate of drug-likeness (QED) is 0.802. The van der Waals surface area contributed by atoms with E-state index in [9.17, 15) is 13.2 Å². The van der Waals surface area contributed by atoms with Crippen molar-refractivity contribution in [2.24, 2.45) is 11.8 Å². The highest BCUT2D eigenvalue weighted by Crippen LogP contribution is 2.29. The Morgan fingerprint density at radius 3 is 2.46 bits per heavy atom. The Bertz CT molecular complexity index is 938. The second-order valence-electron chi connectivity index (χ2n) is 8.64. The number of aromatic nitrogens is 1. The van der Waals surface area contributed by atoms with Crippen molar-refractivity contribution in [3.63, 3.8) is 0 Å². The number of rotatable bonds is 5. The fraction of sp³-hybridized carbons (Fsp3) is 0.524. The highest BCUT2D eigenvalue weighted by atomic mass is 32.2. The minimum absolute atomic E-state index is 0.0225. The lowest BCUT2D eigenvalue weighted by Crippen LogP contribution is -2.45. The van der Waals surface area contributed by atoms with E-state index in [1.807, 2.05) is 32.9 Å². The lowest BCUT2D eigenvalue weighted by molar-refractivity contribution is -0.127. The van der Waals surface area contributed by atoms with Crippen molar-refractivity contribution >= 4 is 26.8 Å². The maximum Gasteiger partial charge on any atom is 0.242 e. The van der Waals surface area contributed by atoms with Gasteiger partial charge in [-0.15, -0.1) is 0 Å². The van der Waals surface area contributed by atoms with Gasteiger partial charge in [0.15, 0.2) is 0 Å². The third-order valence-corrected chi connectivity index (χ3v) is 6.62. The number of sulfonamides is 1. The molecule has 0 spiro atoms. The van der Waals surface area contributed by atoms with Crippen LogP contribution in [0.2, 0.25) is 0 Å². The van der Waals surface area contributed by atoms with Crippen molar-refractivity contribution in [1.29, 1.82) is 0 Å². The van der Waals surface area contributed by atoms with E-state index in [0.717, 1.165) is 31.1 Å². The predicted octanol–water partition coefficient (Wildman–Crippen LogP) is 3.23. The highest BCUT2D eigenvalue weighted by molar-refractivity contribution is 7.89. The van der Waals surface area contributed by atoms with Crippen molar-refractivity contribution in [3.8, 4) is 0 Å². The average Bonchev–Trinajstić information content (AvgIpc) is 2.65. The van der Waals surface area contributed by atoms with Gasteiger partial charge in [0.25, 0.3) is 0 Å². The van der Waals surface area contributed by atoms with E-state index in [1.165, 1.54) is 0 Å². The zero-order valence-electron chi connectivity index (χ0n) is 16.7. The van der Waals surface area contributed by atoms with Gasteiger partial charge in [-0.25, -0.2) is 13.1 Å². The molecular weight excluding hydrogens is 374 g/mol. The number of pyridine rings is 1. The molecule has 1 saturated carbocycles. The summed E-state index contributed by atoms with van der Waals surface area (Å²) in [6.45, 7) is 6.33. The summed E-state index contributed by atoms with van der Waals surface area (Å²) in [4.78, 5) is 16.8. The minimum Gasteiger partial charge on any atom is -0.351 e. The summed E-state index contributed by atoms with van der Waals surface area (Å²) >= 11 is 0. The van der Waals surface area contributed by atoms with Gasteiger partial charge in [0.05, 0.1) is 5.52 Å². The van der Waals surface area contributed by atoms with Crippen molar-refractivity contribution in [2.75, 3.05) is 6.54 Å². The third kappa shape index (κ3) is 5.08. The standard InChI is InChI=1S/C21H29N3O3S/c1-21(2,3)24-20(25)17-11-9-15(10-12-17)14-23-28(26,27)18-8-4-6-16-7-5-13-22-19(16)18/h4-8,13,15,17,23H,9-12,14H2,1-3H3,(H,24,25). The van der Waals surface area contributed by atoms with Crippen LogP contribution in [0.15, 0.2) is 41.4 Å². The Hall–Kier alpha value is -1.99. The first-order chi connectivity index (χ1) is 13.2. The number of nitrogens with zero attached hydrogens (tertiary/aromatic N) is 1. The van der Waals surface area contributed by atoms with Crippen molar-refractivity contribution in [1.82, 2.24) is 15.0 Å². The number of carbonyl (C=O) groups is 1. The molecule has 1 aliphatic rings. The van der Waals surface area contributed by atoms with Crippen LogP contribution in [0.25, 0.3) is 10.9 Å². The van der Waals surface area contributed by atoms with E-state index in [-0.39, 0.29) is 28.2 Å². The Kier molecular flexibility index (Phi) is 6.05. The number of carbonyl (C=O) groups excluding carboxylic acids is 1. The predicted molar refractivity (Wildman–Crippen MR) is 110 cm³/mol. The number of amides is 1. The van der Waals surface area contributed by atoms with E-state index >= 15 is 0 Å². The first kappa shape index (κ1) is 20.7. The van der Waals surface area contributed by atoms with E-state index < -0.39 is 10.0 Å². The van der Waals surface area contributed by atoms with E-state index in [2.05, 4.69) is 15.0 Å². The summed E-state index contributed by atoms with van der Waals surface area (Å²) in [5, 5.41) is 3.84. The number of hydrogen-bond donors (Lipinski definition) is 2. The molecule has 1 fully saturated rings. The molecule has 0 bridgehead atoms. The molecule has 6 nitrogen and oxygen atoms in total. The third-order valence-electron chi connectivity index (χ3n) is 5.16. The van der Waals surface area contributed by atoms with Crippen LogP contribution in [-0.2, 0) is 14.8 Å². The molecule has 0 aliphatic heterocycles. The summed E-state index contributed by atoms with van der Waals surface area (Å²) in [6.07, 6.45) is 4.89. The van der Waals surface area contributed by atoms with Gasteiger partial charge >= 0.3 is 0 Å². The fourth-order valence-corrected chi connectivity index (χ4v) is 4.99. The Morgan fingerprint density at radius 2 is 1.79 bits per heavy atom. The van der Waals surface area contributed by atoms with Crippen molar-refractivity contribution in [3.05, 3.63) is 36.5 Å². The first-order valence-electron chi connectivity index (χ1n) is 9.81. The second kappa shape index (κ2) is 8.17. The molecule has 1 heterocycles. The van der Waals surface area contributed by atoms with Crippen molar-refractivity contribution < 1.29 is 13.2 Å². The Morgan fingerprint density at radius 1 is 1.11 bits per heavy atom. The van der Waals surface area contributed by atoms with Crippen LogP contribution in [0.4, 0.5) is 0 Å². The zero-order valence-corrected chi connectivity index (χ0v) is 17.6. The summed E-state index contributed by atoms with van der Waals surface area (Å²) in [5.41, 5.74) is 0.260. The highest BCUT2D eigenvalue weighted by Gasteiger charge is 2.29. The van der Waals surface area contributed by atoms with Gasteiger partial charge in [-0.1, -0.05) is 18.2 Å². The maximum absolute atomic E-state index is 12.8. The van der Waals surface area contributed by atoms with Gasteiger partial charge in [-0.05, 0) is 64.5 Å². The molecule has 1 aromatic heterocycles. The number of para-hydroxylation sites is 1. The van der Waals surface area contributed by atoms with Gasteiger partial charge < -0.3 is 5.32 Å². The van der Waals surface area contributed by atoms with Gasteiger partial charge in [-0.2, -0.15) is 0 Å². The van der Waals surface area contributed by atoms with Crippen LogP contribution >= 0.6 is 0 Å². The molecule has 0 saturated heterocycles. The second-order valence-corrected chi connectivity index (χ2v) is 10.4. The van der Waals surface area contributed by atoms with Gasteiger partial charge in [-0.3, -0.25) is 9.78 Å². The number of benzene rings is 1. The molecular formula is C21H29N3O3S. The zero-order chi connectivity index (χ0) is 20.4. The molecule has 152 valence electrons. The molecule has 2 aromatic rings. The first-order valence-corrected chi connectivity index (χ1v) is 11.3. The van der Waals surface area contributed by atoms with Crippen LogP contribution in [0.5, 0.6) is 0 Å². The minimum atomic E-state index is -3.63. The van der Waals surface area contributed by atoms with Crippen LogP contribution < -0.4 is 10.0 Å². The summed E-state index contributed by atoms with van der Waals surface area (Å²) in [6, 6.07) is 8.82. The van der Waals surface area contributed by atoms with Gasteiger partial charge in [0, 0.05) is 29.6 Å². The van der Waals surface area contributed by atoms with Crippen LogP contribution in [0.3, 0.4) is 0 Å². The van der Waals surface area contributed by atoms with E-state index in [1.54, 1.807) is 24.4 Å². The van der Waals surface area contributed by atoms with Crippen LogP contribution in [-0.4, -0.2) is 31.4 Å². The number of nitrogens with one attached hydrogen (secondary N) is 2. The molecule has 2 N–H and O–H groups in total. The molecule has 7 heteroatoms.